The second-order valence-electron chi connectivity index (χ2n) is 6.42. The molecule has 1 aromatic heterocycles. The Bertz CT molecular complexity index is 588. The highest BCUT2D eigenvalue weighted by Gasteiger charge is 2.29. The van der Waals surface area contributed by atoms with Gasteiger partial charge in [-0.3, -0.25) is 4.90 Å². The third-order valence-corrected chi connectivity index (χ3v) is 4.70. The molecule has 1 fully saturated rings. The lowest BCUT2D eigenvalue weighted by atomic mass is 10.2. The summed E-state index contributed by atoms with van der Waals surface area (Å²) in [6, 6.07) is 2.73. The van der Waals surface area contributed by atoms with Crippen molar-refractivity contribution < 1.29 is 4.42 Å². The zero-order valence-electron chi connectivity index (χ0n) is 14.9. The van der Waals surface area contributed by atoms with Gasteiger partial charge in [-0.2, -0.15) is 0 Å². The number of halogens is 1. The fourth-order valence-corrected chi connectivity index (χ4v) is 3.45. The minimum Gasteiger partial charge on any atom is -0.466 e. The molecule has 0 saturated carbocycles. The van der Waals surface area contributed by atoms with Crippen molar-refractivity contribution in [3.63, 3.8) is 0 Å². The van der Waals surface area contributed by atoms with Gasteiger partial charge in [-0.1, -0.05) is 12.2 Å². The predicted octanol–water partition coefficient (Wildman–Crippen LogP) is 2.93. The molecule has 0 aliphatic carbocycles. The number of guanidine groups is 1. The zero-order valence-corrected chi connectivity index (χ0v) is 17.2. The summed E-state index contributed by atoms with van der Waals surface area (Å²) in [7, 11) is 0. The Hall–Kier alpha value is -1.02. The van der Waals surface area contributed by atoms with Crippen LogP contribution in [0.15, 0.2) is 27.6 Å². The molecule has 3 rings (SSSR count). The summed E-state index contributed by atoms with van der Waals surface area (Å²) in [6.45, 7) is 12.0. The van der Waals surface area contributed by atoms with Crippen molar-refractivity contribution in [2.75, 3.05) is 32.7 Å². The van der Waals surface area contributed by atoms with Gasteiger partial charge in [-0.05, 0) is 33.3 Å². The van der Waals surface area contributed by atoms with Crippen LogP contribution in [0.4, 0.5) is 0 Å². The largest absolute Gasteiger partial charge is 0.466 e. The molecule has 0 radical (unpaired) electrons. The van der Waals surface area contributed by atoms with Gasteiger partial charge >= 0.3 is 0 Å². The minimum atomic E-state index is 0. The van der Waals surface area contributed by atoms with Gasteiger partial charge in [0.05, 0.1) is 6.54 Å². The van der Waals surface area contributed by atoms with Gasteiger partial charge in [-0.15, -0.1) is 24.0 Å². The lowest BCUT2D eigenvalue weighted by Crippen LogP contribution is -2.42. The Kier molecular flexibility index (Phi) is 7.16. The number of likely N-dealkylation sites (tertiary alicyclic amines) is 1. The maximum Gasteiger partial charge on any atom is 0.194 e. The molecule has 0 amide bonds. The smallest absolute Gasteiger partial charge is 0.194 e. The summed E-state index contributed by atoms with van der Waals surface area (Å²) in [4.78, 5) is 9.78. The summed E-state index contributed by atoms with van der Waals surface area (Å²) in [5.74, 6) is 2.96. The normalized spacial score (nSPS) is 21.4. The number of rotatable bonds is 4. The van der Waals surface area contributed by atoms with Crippen LogP contribution in [0, 0.1) is 13.8 Å². The van der Waals surface area contributed by atoms with E-state index in [0.29, 0.717) is 12.6 Å². The van der Waals surface area contributed by atoms with Crippen LogP contribution in [0.5, 0.6) is 0 Å². The number of nitrogens with one attached hydrogen (secondary N) is 1. The third kappa shape index (κ3) is 4.53. The first-order valence-electron chi connectivity index (χ1n) is 8.65. The molecule has 0 spiro atoms. The van der Waals surface area contributed by atoms with Crippen LogP contribution in [0.1, 0.15) is 30.4 Å². The first-order chi connectivity index (χ1) is 11.2. The molecular formula is C18H29IN4O. The fourth-order valence-electron chi connectivity index (χ4n) is 3.45. The number of hydrogen-bond acceptors (Lipinski definition) is 3. The Morgan fingerprint density at radius 1 is 1.33 bits per heavy atom. The molecule has 0 bridgehead atoms. The van der Waals surface area contributed by atoms with Crippen LogP contribution in [0.25, 0.3) is 0 Å². The van der Waals surface area contributed by atoms with E-state index >= 15 is 0 Å². The molecule has 1 aromatic rings. The maximum atomic E-state index is 5.60. The van der Waals surface area contributed by atoms with Gasteiger partial charge in [0, 0.05) is 44.3 Å². The Morgan fingerprint density at radius 2 is 2.08 bits per heavy atom. The van der Waals surface area contributed by atoms with E-state index in [9.17, 15) is 0 Å². The SMILES string of the molecule is CCNC(=NCc1cc(C)oc1C)N1CCC(N2CC=CC2)C1.I. The quantitative estimate of drug-likeness (QED) is 0.336. The topological polar surface area (TPSA) is 44.0 Å². The number of hydrogen-bond donors (Lipinski definition) is 1. The van der Waals surface area contributed by atoms with E-state index in [4.69, 9.17) is 9.41 Å². The fraction of sp³-hybridized carbons (Fsp3) is 0.611. The van der Waals surface area contributed by atoms with E-state index in [1.54, 1.807) is 0 Å². The highest BCUT2D eigenvalue weighted by atomic mass is 127. The maximum absolute atomic E-state index is 5.60. The molecule has 6 heteroatoms. The van der Waals surface area contributed by atoms with Crippen molar-refractivity contribution in [3.8, 4) is 0 Å². The average Bonchev–Trinajstić information content (AvgIpc) is 3.24. The lowest BCUT2D eigenvalue weighted by molar-refractivity contribution is 0.259. The molecule has 24 heavy (non-hydrogen) atoms. The summed E-state index contributed by atoms with van der Waals surface area (Å²) in [6.07, 6.45) is 5.76. The van der Waals surface area contributed by atoms with Gasteiger partial charge in [0.1, 0.15) is 11.5 Å². The third-order valence-electron chi connectivity index (χ3n) is 4.70. The van der Waals surface area contributed by atoms with Crippen LogP contribution in [0.3, 0.4) is 0 Å². The molecular weight excluding hydrogens is 415 g/mol. The molecule has 1 atom stereocenters. The van der Waals surface area contributed by atoms with E-state index in [0.717, 1.165) is 50.2 Å². The van der Waals surface area contributed by atoms with E-state index in [-0.39, 0.29) is 24.0 Å². The van der Waals surface area contributed by atoms with Gasteiger partial charge < -0.3 is 14.6 Å². The van der Waals surface area contributed by atoms with E-state index < -0.39 is 0 Å². The second-order valence-corrected chi connectivity index (χ2v) is 6.42. The second kappa shape index (κ2) is 8.89. The molecule has 3 heterocycles. The summed E-state index contributed by atoms with van der Waals surface area (Å²) in [5.41, 5.74) is 1.18. The van der Waals surface area contributed by atoms with Crippen LogP contribution in [-0.4, -0.2) is 54.5 Å². The average molecular weight is 444 g/mol. The number of aryl methyl sites for hydroxylation is 2. The highest BCUT2D eigenvalue weighted by molar-refractivity contribution is 14.0. The molecule has 0 aromatic carbocycles. The summed E-state index contributed by atoms with van der Waals surface area (Å²) < 4.78 is 5.60. The Balaban J connectivity index is 0.00000208. The van der Waals surface area contributed by atoms with Gasteiger partial charge in [0.15, 0.2) is 5.96 Å². The van der Waals surface area contributed by atoms with Crippen molar-refractivity contribution in [1.82, 2.24) is 15.1 Å². The molecule has 134 valence electrons. The molecule has 5 nitrogen and oxygen atoms in total. The molecule has 1 saturated heterocycles. The predicted molar refractivity (Wildman–Crippen MR) is 109 cm³/mol. The van der Waals surface area contributed by atoms with Crippen LogP contribution < -0.4 is 5.32 Å². The van der Waals surface area contributed by atoms with E-state index in [1.165, 1.54) is 12.0 Å². The van der Waals surface area contributed by atoms with Gasteiger partial charge in [0.25, 0.3) is 0 Å². The highest BCUT2D eigenvalue weighted by Crippen LogP contribution is 2.19. The minimum absolute atomic E-state index is 0. The van der Waals surface area contributed by atoms with Crippen molar-refractivity contribution in [1.29, 1.82) is 0 Å². The Labute approximate surface area is 162 Å². The van der Waals surface area contributed by atoms with E-state index in [2.05, 4.69) is 40.3 Å². The molecule has 1 unspecified atom stereocenters. The standard InChI is InChI=1S/C18H28N4O.HI/c1-4-19-18(20-12-16-11-14(2)23-15(16)3)22-10-7-17(13-22)21-8-5-6-9-21;/h5-6,11,17H,4,7-10,12-13H2,1-3H3,(H,19,20);1H. The number of nitrogens with zero attached hydrogens (tertiary/aromatic N) is 3. The van der Waals surface area contributed by atoms with Crippen molar-refractivity contribution >= 4 is 29.9 Å². The van der Waals surface area contributed by atoms with Crippen molar-refractivity contribution in [2.24, 2.45) is 4.99 Å². The van der Waals surface area contributed by atoms with Gasteiger partial charge in [-0.25, -0.2) is 4.99 Å². The van der Waals surface area contributed by atoms with Gasteiger partial charge in [0.2, 0.25) is 0 Å². The van der Waals surface area contributed by atoms with Crippen LogP contribution >= 0.6 is 24.0 Å². The molecule has 2 aliphatic rings. The first-order valence-corrected chi connectivity index (χ1v) is 8.65. The van der Waals surface area contributed by atoms with Crippen LogP contribution in [-0.2, 0) is 6.54 Å². The lowest BCUT2D eigenvalue weighted by Gasteiger charge is -2.25. The number of aliphatic imine (C=N–C) groups is 1. The van der Waals surface area contributed by atoms with E-state index in [1.807, 2.05) is 13.8 Å². The Morgan fingerprint density at radius 3 is 2.71 bits per heavy atom. The summed E-state index contributed by atoms with van der Waals surface area (Å²) in [5, 5.41) is 3.44. The number of furan rings is 1. The van der Waals surface area contributed by atoms with Crippen molar-refractivity contribution in [2.45, 2.75) is 39.8 Å². The van der Waals surface area contributed by atoms with Crippen molar-refractivity contribution in [3.05, 3.63) is 35.3 Å². The molecule has 1 N–H and O–H groups in total. The first kappa shape index (κ1) is 19.3. The zero-order chi connectivity index (χ0) is 16.2. The summed E-state index contributed by atoms with van der Waals surface area (Å²) >= 11 is 0. The molecule has 2 aliphatic heterocycles. The monoisotopic (exact) mass is 444 g/mol. The van der Waals surface area contributed by atoms with Crippen LogP contribution in [0.2, 0.25) is 0 Å².